The zero-order valence-electron chi connectivity index (χ0n) is 77.2. The van der Waals surface area contributed by atoms with Crippen molar-refractivity contribution in [2.24, 2.45) is 0 Å². The van der Waals surface area contributed by atoms with Crippen LogP contribution in [-0.4, -0.2) is 177 Å². The number of nitrogens with zero attached hydrogens (tertiary/aromatic N) is 20. The Morgan fingerprint density at radius 2 is 0.479 bits per heavy atom. The molecule has 2 saturated carbocycles. The van der Waals surface area contributed by atoms with E-state index < -0.39 is 0 Å². The van der Waals surface area contributed by atoms with Crippen LogP contribution in [0.3, 0.4) is 0 Å². The average Bonchev–Trinajstić information content (AvgIpc) is 1.68. The second-order valence-corrected chi connectivity index (χ2v) is 35.8. The van der Waals surface area contributed by atoms with Gasteiger partial charge in [-0.2, -0.15) is 0 Å². The lowest BCUT2D eigenvalue weighted by molar-refractivity contribution is 0.236. The highest BCUT2D eigenvalue weighted by Gasteiger charge is 2.38. The standard InChI is InChI=1S/C25H36N4.C21H32N4.2C18H26N4.C17H24N4/c1-19-24(28-17-15-26(20(28)2)22-9-4-5-10-22)13-8-14-25(19)29-18-16-27(21(29)3)23-11-6-7-12-23;1-15(2)22-11-13-24(18(22)6)20-9-8-10-21(17(20)5)25-14-12-23(16(3)4)19(25)7;1-13-11-17(21-9-7-19(5)15(21)3)14(2)18(12-13)22-10-8-20(6)16(22)4;1-13-7-8-17(21-11-9-19(5)15(21)3)14(2)18(13)22-12-10-20(6)16(22)4;1-13-16(20-11-9-18(4)14(20)2)7-6-8-17(13)21-12-10-19(5)15(21)3/h8,13-18,20-23H,4-7,9-12H2,1-3H3;8-16,18-19H,1-7H3;2*7-12,15-16H,1-6H3;6-12,14-15H,1-5H3/t20-,21+;18-,19+;2*15-,16+;14-,15+/m...0./s1. The van der Waals surface area contributed by atoms with E-state index in [1.807, 2.05) is 0 Å². The van der Waals surface area contributed by atoms with E-state index in [-0.39, 0.29) is 0 Å². The molecule has 20 heteroatoms. The second kappa shape index (κ2) is 36.2. The first-order valence-corrected chi connectivity index (χ1v) is 44.4. The third-order valence-corrected chi connectivity index (χ3v) is 28.0. The van der Waals surface area contributed by atoms with E-state index in [0.717, 1.165) is 12.1 Å². The molecule has 12 aliphatic rings. The lowest BCUT2D eigenvalue weighted by Crippen LogP contribution is -2.42. The van der Waals surface area contributed by atoms with Crippen LogP contribution in [0.4, 0.5) is 56.9 Å². The van der Waals surface area contributed by atoms with Crippen molar-refractivity contribution in [3.8, 4) is 0 Å². The van der Waals surface area contributed by atoms with E-state index in [9.17, 15) is 0 Å². The van der Waals surface area contributed by atoms with Crippen molar-refractivity contribution >= 4 is 56.9 Å². The minimum Gasteiger partial charge on any atom is -0.359 e. The number of benzene rings is 5. The third kappa shape index (κ3) is 17.1. The molecule has 2 aliphatic carbocycles. The molecule has 20 nitrogen and oxygen atoms in total. The summed E-state index contributed by atoms with van der Waals surface area (Å²) in [5.41, 5.74) is 22.3. The van der Waals surface area contributed by atoms with Crippen molar-refractivity contribution in [1.29, 1.82) is 0 Å². The molecule has 640 valence electrons. The largest absolute Gasteiger partial charge is 0.359 e. The van der Waals surface area contributed by atoms with Gasteiger partial charge in [0, 0.05) is 242 Å². The molecule has 5 aromatic rings. The second-order valence-electron chi connectivity index (χ2n) is 35.8. The van der Waals surface area contributed by atoms with Crippen molar-refractivity contribution in [2.75, 3.05) is 91.3 Å². The predicted octanol–water partition coefficient (Wildman–Crippen LogP) is 20.5. The molecule has 10 heterocycles. The maximum atomic E-state index is 2.58. The van der Waals surface area contributed by atoms with E-state index in [1.165, 1.54) is 147 Å². The average molecular weight is 1610 g/mol. The van der Waals surface area contributed by atoms with Crippen LogP contribution in [0.15, 0.2) is 203 Å². The molecule has 0 radical (unpaired) electrons. The normalized spacial score (nSPS) is 24.9. The van der Waals surface area contributed by atoms with E-state index in [4.69, 9.17) is 0 Å². The van der Waals surface area contributed by atoms with Crippen molar-refractivity contribution in [3.63, 3.8) is 0 Å². The third-order valence-electron chi connectivity index (χ3n) is 28.0. The summed E-state index contributed by atoms with van der Waals surface area (Å²) in [5.74, 6) is 0. The van der Waals surface area contributed by atoms with E-state index in [1.54, 1.807) is 0 Å². The fourth-order valence-corrected chi connectivity index (χ4v) is 19.5. The van der Waals surface area contributed by atoms with Crippen molar-refractivity contribution in [2.45, 2.75) is 283 Å². The van der Waals surface area contributed by atoms with Gasteiger partial charge in [-0.25, -0.2) is 0 Å². The van der Waals surface area contributed by atoms with E-state index in [0.29, 0.717) is 73.7 Å². The minimum absolute atomic E-state index is 0.340. The van der Waals surface area contributed by atoms with Gasteiger partial charge < -0.3 is 98.0 Å². The summed E-state index contributed by atoms with van der Waals surface area (Å²) in [4.78, 5) is 47.1. The van der Waals surface area contributed by atoms with Gasteiger partial charge in [-0.15, -0.1) is 0 Å². The highest BCUT2D eigenvalue weighted by atomic mass is 15.5. The lowest BCUT2D eigenvalue weighted by Gasteiger charge is -2.37. The van der Waals surface area contributed by atoms with Gasteiger partial charge in [-0.1, -0.05) is 49.9 Å². The Bertz CT molecular complexity index is 4450. The van der Waals surface area contributed by atoms with E-state index in [2.05, 4.69) is 489 Å². The number of hydrogen-bond acceptors (Lipinski definition) is 20. The van der Waals surface area contributed by atoms with Gasteiger partial charge in [0.1, 0.15) is 61.7 Å². The maximum Gasteiger partial charge on any atom is 0.103 e. The fraction of sp³-hybridized carbons (Fsp3) is 0.495. The van der Waals surface area contributed by atoms with Crippen molar-refractivity contribution in [3.05, 3.63) is 242 Å². The highest BCUT2D eigenvalue weighted by molar-refractivity contribution is 5.77. The molecule has 0 spiro atoms. The van der Waals surface area contributed by atoms with Crippen LogP contribution in [-0.2, 0) is 0 Å². The summed E-state index contributed by atoms with van der Waals surface area (Å²) in [6, 6.07) is 31.5. The molecule has 119 heavy (non-hydrogen) atoms. The Kier molecular flexibility index (Phi) is 26.3. The quantitative estimate of drug-likeness (QED) is 0.106. The Hall–Kier alpha value is -10.5. The van der Waals surface area contributed by atoms with Crippen LogP contribution in [0.2, 0.25) is 0 Å². The summed E-state index contributed by atoms with van der Waals surface area (Å²) in [7, 11) is 12.7. The van der Waals surface area contributed by atoms with Gasteiger partial charge >= 0.3 is 0 Å². The summed E-state index contributed by atoms with van der Waals surface area (Å²) in [6.07, 6.45) is 58.4. The molecular formula is C99H144N20. The van der Waals surface area contributed by atoms with Crippen LogP contribution >= 0.6 is 0 Å². The SMILES string of the molecule is Cc1c(N2C=CN(C(C)C)[C@@H]2C)cccc1N1C=CN(C(C)C)[C@H]1C.Cc1c(N2C=CN(C)[C@H]2C)cccc1N1C=CN(C)[C@@H]1C.Cc1c(N2C=CN(C3CCCC3)[C@@H]2C)cccc1N1C=CN(C2CCCC2)[C@H]1C.Cc1cc(N2C=CN(C)[C@H]2C)c(C)c(N2C=CN(C)[C@@H]2C)c1.Cc1ccc(N2C=CN(C)[C@@H]2C)c(C)c1N1C=CN(C)[C@H]1C. The summed E-state index contributed by atoms with van der Waals surface area (Å²) in [6.45, 7) is 47.1. The topological polar surface area (TPSA) is 64.8 Å². The predicted molar refractivity (Wildman–Crippen MR) is 505 cm³/mol. The molecule has 10 atom stereocenters. The number of aryl methyl sites for hydroxylation is 2. The number of anilines is 10. The molecule has 5 aromatic carbocycles. The number of rotatable bonds is 14. The fourth-order valence-electron chi connectivity index (χ4n) is 19.5. The van der Waals surface area contributed by atoms with Gasteiger partial charge in [0.15, 0.2) is 0 Å². The van der Waals surface area contributed by atoms with Crippen molar-refractivity contribution in [1.82, 2.24) is 49.0 Å². The van der Waals surface area contributed by atoms with Gasteiger partial charge in [-0.05, 0) is 265 Å². The molecule has 17 rings (SSSR count). The zero-order chi connectivity index (χ0) is 85.4. The molecule has 2 fully saturated rings. The Morgan fingerprint density at radius 1 is 0.244 bits per heavy atom. The van der Waals surface area contributed by atoms with E-state index >= 15 is 0 Å². The zero-order valence-corrected chi connectivity index (χ0v) is 77.2. The molecule has 0 N–H and O–H groups in total. The minimum atomic E-state index is 0.340. The van der Waals surface area contributed by atoms with Gasteiger partial charge in [0.05, 0.1) is 5.69 Å². The monoisotopic (exact) mass is 1610 g/mol. The molecule has 0 unspecified atom stereocenters. The molecule has 0 aromatic heterocycles. The van der Waals surface area contributed by atoms with Gasteiger partial charge in [-0.3, -0.25) is 0 Å². The van der Waals surface area contributed by atoms with Crippen LogP contribution < -0.4 is 49.0 Å². The number of hydrogen-bond donors (Lipinski definition) is 0. The summed E-state index contributed by atoms with van der Waals surface area (Å²) < 4.78 is 0. The molecule has 10 aliphatic heterocycles. The van der Waals surface area contributed by atoms with Crippen LogP contribution in [0, 0.1) is 48.5 Å². The van der Waals surface area contributed by atoms with Gasteiger partial charge in [0.25, 0.3) is 0 Å². The Balaban J connectivity index is 0.000000129. The Morgan fingerprint density at radius 3 is 0.748 bits per heavy atom. The van der Waals surface area contributed by atoms with Crippen molar-refractivity contribution < 1.29 is 0 Å². The summed E-state index contributed by atoms with van der Waals surface area (Å²) in [5, 5.41) is 0. The smallest absolute Gasteiger partial charge is 0.103 e. The maximum absolute atomic E-state index is 2.58. The molecule has 0 amide bonds. The molecular weight excluding hydrogens is 1470 g/mol. The van der Waals surface area contributed by atoms with Crippen LogP contribution in [0.25, 0.3) is 0 Å². The first-order chi connectivity index (χ1) is 56.8. The van der Waals surface area contributed by atoms with Gasteiger partial charge in [0.2, 0.25) is 0 Å². The van der Waals surface area contributed by atoms with Crippen LogP contribution in [0.1, 0.15) is 187 Å². The summed E-state index contributed by atoms with van der Waals surface area (Å²) >= 11 is 0. The van der Waals surface area contributed by atoms with Crippen LogP contribution in [0.5, 0.6) is 0 Å². The molecule has 0 saturated heterocycles. The first-order valence-electron chi connectivity index (χ1n) is 44.4. The highest BCUT2D eigenvalue weighted by Crippen LogP contribution is 2.45. The lowest BCUT2D eigenvalue weighted by atomic mass is 10.0. The Labute approximate surface area is 717 Å². The first kappa shape index (κ1) is 86.4. The molecule has 0 bridgehead atoms.